The van der Waals surface area contributed by atoms with E-state index in [0.29, 0.717) is 16.7 Å². The van der Waals surface area contributed by atoms with E-state index in [2.05, 4.69) is 24.5 Å². The number of anilines is 1. The Balaban J connectivity index is 2.75. The highest BCUT2D eigenvalue weighted by Gasteiger charge is 2.21. The Kier molecular flexibility index (Phi) is 9.13. The van der Waals surface area contributed by atoms with Crippen LogP contribution in [0.4, 0.5) is 5.69 Å². The van der Waals surface area contributed by atoms with Crippen molar-refractivity contribution < 1.29 is 8.42 Å². The minimum atomic E-state index is -3.61. The van der Waals surface area contributed by atoms with Gasteiger partial charge in [0.15, 0.2) is 5.11 Å². The highest BCUT2D eigenvalue weighted by molar-refractivity contribution is 7.89. The van der Waals surface area contributed by atoms with Gasteiger partial charge in [0.05, 0.1) is 5.02 Å². The van der Waals surface area contributed by atoms with E-state index < -0.39 is 10.0 Å². The van der Waals surface area contributed by atoms with Gasteiger partial charge in [-0.25, -0.2) is 12.7 Å². The normalized spacial score (nSPS) is 12.9. The van der Waals surface area contributed by atoms with E-state index in [1.807, 2.05) is 0 Å². The molecule has 142 valence electrons. The molecule has 0 amide bonds. The van der Waals surface area contributed by atoms with E-state index in [1.54, 1.807) is 12.1 Å². The molecule has 8 heteroatoms. The summed E-state index contributed by atoms with van der Waals surface area (Å²) < 4.78 is 25.8. The van der Waals surface area contributed by atoms with Gasteiger partial charge in [0.25, 0.3) is 0 Å². The maximum atomic E-state index is 12.3. The molecule has 2 N–H and O–H groups in total. The molecule has 1 aromatic carbocycles. The monoisotopic (exact) mass is 405 g/mol. The number of rotatable bonds is 9. The molecule has 0 saturated heterocycles. The summed E-state index contributed by atoms with van der Waals surface area (Å²) in [5.74, 6) is 0.578. The first-order valence-electron chi connectivity index (χ1n) is 8.49. The Labute approximate surface area is 162 Å². The molecule has 0 aliphatic carbocycles. The number of sulfonamides is 1. The molecule has 0 spiro atoms. The van der Waals surface area contributed by atoms with Crippen LogP contribution in [0.15, 0.2) is 23.1 Å². The Hall–Kier alpha value is -0.890. The van der Waals surface area contributed by atoms with Crippen molar-refractivity contribution in [3.05, 3.63) is 23.2 Å². The second-order valence-electron chi connectivity index (χ2n) is 6.18. The SMILES string of the molecule is CCCC[C@H](CC)CNC(=S)Nc1ccc(Cl)c(S(=O)(=O)N(C)C)c1. The van der Waals surface area contributed by atoms with Gasteiger partial charge in [0.2, 0.25) is 10.0 Å². The number of nitrogens with one attached hydrogen (secondary N) is 2. The van der Waals surface area contributed by atoms with Gasteiger partial charge >= 0.3 is 0 Å². The van der Waals surface area contributed by atoms with Gasteiger partial charge in [-0.05, 0) is 42.8 Å². The molecule has 0 saturated carbocycles. The van der Waals surface area contributed by atoms with Crippen LogP contribution >= 0.6 is 23.8 Å². The average Bonchev–Trinajstić information content (AvgIpc) is 2.56. The number of benzene rings is 1. The molecule has 5 nitrogen and oxygen atoms in total. The van der Waals surface area contributed by atoms with Gasteiger partial charge in [-0.1, -0.05) is 44.7 Å². The number of nitrogens with zero attached hydrogens (tertiary/aromatic N) is 1. The number of hydrogen-bond acceptors (Lipinski definition) is 3. The molecule has 1 rings (SSSR count). The molecular weight excluding hydrogens is 378 g/mol. The number of unbranched alkanes of at least 4 members (excludes halogenated alkanes) is 1. The first-order valence-corrected chi connectivity index (χ1v) is 10.7. The molecule has 0 unspecified atom stereocenters. The maximum absolute atomic E-state index is 12.3. The molecule has 1 aromatic rings. The summed E-state index contributed by atoms with van der Waals surface area (Å²) in [6.07, 6.45) is 4.67. The van der Waals surface area contributed by atoms with E-state index in [0.717, 1.165) is 17.3 Å². The third-order valence-corrected chi connectivity index (χ3v) is 6.59. The van der Waals surface area contributed by atoms with Gasteiger partial charge in [-0.3, -0.25) is 0 Å². The van der Waals surface area contributed by atoms with Crippen molar-refractivity contribution in [1.82, 2.24) is 9.62 Å². The summed E-state index contributed by atoms with van der Waals surface area (Å²) in [5.41, 5.74) is 0.587. The summed E-state index contributed by atoms with van der Waals surface area (Å²) in [6.45, 7) is 5.17. The fourth-order valence-electron chi connectivity index (χ4n) is 2.33. The molecule has 0 heterocycles. The lowest BCUT2D eigenvalue weighted by molar-refractivity contribution is 0.446. The van der Waals surface area contributed by atoms with Crippen LogP contribution < -0.4 is 10.6 Å². The zero-order valence-corrected chi connectivity index (χ0v) is 17.7. The molecule has 0 fully saturated rings. The van der Waals surface area contributed by atoms with Crippen LogP contribution in [0.25, 0.3) is 0 Å². The fourth-order valence-corrected chi connectivity index (χ4v) is 3.93. The molecule has 0 aromatic heterocycles. The largest absolute Gasteiger partial charge is 0.362 e. The molecule has 0 radical (unpaired) electrons. The molecular formula is C17H28ClN3O2S2. The highest BCUT2D eigenvalue weighted by atomic mass is 35.5. The number of hydrogen-bond donors (Lipinski definition) is 2. The van der Waals surface area contributed by atoms with Gasteiger partial charge in [0, 0.05) is 26.3 Å². The second-order valence-corrected chi connectivity index (χ2v) is 9.12. The lowest BCUT2D eigenvalue weighted by Gasteiger charge is -2.18. The summed E-state index contributed by atoms with van der Waals surface area (Å²) in [7, 11) is -0.665. The zero-order valence-electron chi connectivity index (χ0n) is 15.3. The molecule has 0 bridgehead atoms. The van der Waals surface area contributed by atoms with Crippen LogP contribution in [0.5, 0.6) is 0 Å². The standard InChI is InChI=1S/C17H28ClN3O2S2/c1-5-7-8-13(6-2)12-19-17(24)20-14-9-10-15(18)16(11-14)25(22,23)21(3)4/h9-11,13H,5-8,12H2,1-4H3,(H2,19,20,24)/t13-/m0/s1. The lowest BCUT2D eigenvalue weighted by Crippen LogP contribution is -2.32. The van der Waals surface area contributed by atoms with Crippen molar-refractivity contribution in [2.24, 2.45) is 5.92 Å². The van der Waals surface area contributed by atoms with Gasteiger partial charge < -0.3 is 10.6 Å². The van der Waals surface area contributed by atoms with Crippen LogP contribution in [0.1, 0.15) is 39.5 Å². The minimum absolute atomic E-state index is 0.0568. The molecule has 1 atom stereocenters. The second kappa shape index (κ2) is 10.3. The minimum Gasteiger partial charge on any atom is -0.362 e. The Bertz CT molecular complexity index is 678. The van der Waals surface area contributed by atoms with Gasteiger partial charge in [0.1, 0.15) is 4.90 Å². The van der Waals surface area contributed by atoms with E-state index >= 15 is 0 Å². The molecule has 0 aliphatic heterocycles. The van der Waals surface area contributed by atoms with Crippen molar-refractivity contribution in [2.45, 2.75) is 44.4 Å². The van der Waals surface area contributed by atoms with Crippen LogP contribution in [0, 0.1) is 5.92 Å². The third-order valence-electron chi connectivity index (χ3n) is 4.04. The summed E-state index contributed by atoms with van der Waals surface area (Å²) >= 11 is 11.4. The number of thiocarbonyl (C=S) groups is 1. The smallest absolute Gasteiger partial charge is 0.244 e. The van der Waals surface area contributed by atoms with Crippen LogP contribution in [0.3, 0.4) is 0 Å². The van der Waals surface area contributed by atoms with E-state index in [-0.39, 0.29) is 9.92 Å². The van der Waals surface area contributed by atoms with Crippen molar-refractivity contribution in [3.8, 4) is 0 Å². The Morgan fingerprint density at radius 1 is 1.32 bits per heavy atom. The maximum Gasteiger partial charge on any atom is 0.244 e. The van der Waals surface area contributed by atoms with Gasteiger partial charge in [-0.15, -0.1) is 0 Å². The van der Waals surface area contributed by atoms with Crippen LogP contribution in [-0.2, 0) is 10.0 Å². The third kappa shape index (κ3) is 6.73. The van der Waals surface area contributed by atoms with Crippen molar-refractivity contribution in [2.75, 3.05) is 26.0 Å². The highest BCUT2D eigenvalue weighted by Crippen LogP contribution is 2.26. The summed E-state index contributed by atoms with van der Waals surface area (Å²) in [5, 5.41) is 6.91. The average molecular weight is 406 g/mol. The predicted molar refractivity (Wildman–Crippen MR) is 110 cm³/mol. The number of halogens is 1. The quantitative estimate of drug-likeness (QED) is 0.606. The van der Waals surface area contributed by atoms with E-state index in [4.69, 9.17) is 23.8 Å². The van der Waals surface area contributed by atoms with Crippen molar-refractivity contribution in [3.63, 3.8) is 0 Å². The zero-order chi connectivity index (χ0) is 19.0. The fraction of sp³-hybridized carbons (Fsp3) is 0.588. The summed E-state index contributed by atoms with van der Waals surface area (Å²) in [4.78, 5) is 0.0568. The lowest BCUT2D eigenvalue weighted by atomic mass is 9.99. The van der Waals surface area contributed by atoms with Crippen LogP contribution in [-0.4, -0.2) is 38.5 Å². The van der Waals surface area contributed by atoms with Gasteiger partial charge in [-0.2, -0.15) is 0 Å². The van der Waals surface area contributed by atoms with Crippen LogP contribution in [0.2, 0.25) is 5.02 Å². The Morgan fingerprint density at radius 2 is 2.00 bits per heavy atom. The first-order chi connectivity index (χ1) is 11.7. The topological polar surface area (TPSA) is 61.4 Å². The molecule has 25 heavy (non-hydrogen) atoms. The van der Waals surface area contributed by atoms with E-state index in [1.165, 1.54) is 39.4 Å². The predicted octanol–water partition coefficient (Wildman–Crippen LogP) is 4.09. The first kappa shape index (κ1) is 22.2. The molecule has 0 aliphatic rings. The van der Waals surface area contributed by atoms with E-state index in [9.17, 15) is 8.42 Å². The summed E-state index contributed by atoms with van der Waals surface area (Å²) in [6, 6.07) is 4.76. The van der Waals surface area contributed by atoms with Crippen molar-refractivity contribution in [1.29, 1.82) is 0 Å². The Morgan fingerprint density at radius 3 is 2.56 bits per heavy atom. The van der Waals surface area contributed by atoms with Crippen molar-refractivity contribution >= 4 is 44.6 Å².